The lowest BCUT2D eigenvalue weighted by atomic mass is 10.1. The summed E-state index contributed by atoms with van der Waals surface area (Å²) in [5.41, 5.74) is 0.463. The number of amides is 1. The van der Waals surface area contributed by atoms with Crippen molar-refractivity contribution in [3.63, 3.8) is 0 Å². The van der Waals surface area contributed by atoms with Crippen LogP contribution < -0.4 is 10.6 Å². The highest BCUT2D eigenvalue weighted by atomic mass is 35.5. The molecule has 0 heterocycles. The Kier molecular flexibility index (Phi) is 6.72. The van der Waals surface area contributed by atoms with E-state index in [0.29, 0.717) is 23.0 Å². The van der Waals surface area contributed by atoms with Crippen molar-refractivity contribution in [2.75, 3.05) is 13.1 Å². The number of halogens is 3. The van der Waals surface area contributed by atoms with Crippen LogP contribution in [0, 0.1) is 11.7 Å². The van der Waals surface area contributed by atoms with Gasteiger partial charge in [-0.15, -0.1) is 0 Å². The summed E-state index contributed by atoms with van der Waals surface area (Å²) >= 11 is 11.9. The first-order valence-electron chi connectivity index (χ1n) is 6.46. The van der Waals surface area contributed by atoms with Gasteiger partial charge in [0.2, 0.25) is 5.91 Å². The Hall–Kier alpha value is -0.840. The van der Waals surface area contributed by atoms with Gasteiger partial charge in [-0.2, -0.15) is 0 Å². The quantitative estimate of drug-likeness (QED) is 0.787. The summed E-state index contributed by atoms with van der Waals surface area (Å²) in [7, 11) is 0. The molecule has 6 heteroatoms. The van der Waals surface area contributed by atoms with Gasteiger partial charge in [0, 0.05) is 23.2 Å². The molecular weight excluding hydrogens is 302 g/mol. The summed E-state index contributed by atoms with van der Waals surface area (Å²) in [6.45, 7) is 6.56. The predicted molar refractivity (Wildman–Crippen MR) is 80.7 cm³/mol. The van der Waals surface area contributed by atoms with Crippen molar-refractivity contribution in [2.45, 2.75) is 26.8 Å². The first-order valence-corrected chi connectivity index (χ1v) is 7.22. The molecule has 0 aliphatic heterocycles. The molecule has 0 aliphatic rings. The highest BCUT2D eigenvalue weighted by Gasteiger charge is 2.17. The van der Waals surface area contributed by atoms with Crippen LogP contribution in [0.4, 0.5) is 4.39 Å². The largest absolute Gasteiger partial charge is 0.355 e. The summed E-state index contributed by atoms with van der Waals surface area (Å²) in [6, 6.07) is 2.35. The predicted octanol–water partition coefficient (Wildman–Crippen LogP) is 3.56. The molecule has 0 spiro atoms. The van der Waals surface area contributed by atoms with Gasteiger partial charge >= 0.3 is 0 Å². The number of rotatable bonds is 6. The fraction of sp³-hybridized carbons (Fsp3) is 0.500. The van der Waals surface area contributed by atoms with Gasteiger partial charge in [-0.05, 0) is 25.0 Å². The van der Waals surface area contributed by atoms with Gasteiger partial charge in [0.05, 0.1) is 11.6 Å². The Bertz CT molecular complexity index is 480. The van der Waals surface area contributed by atoms with E-state index in [1.807, 2.05) is 13.8 Å². The molecule has 0 saturated heterocycles. The van der Waals surface area contributed by atoms with Gasteiger partial charge in [-0.3, -0.25) is 4.79 Å². The standard InChI is InChI=1S/C14H19Cl2FN2O/c1-8(2)6-19-12(20)7-18-9(3)13-10(15)4-5-11(17)14(13)16/h4-5,8-9,18H,6-7H2,1-3H3,(H,19,20). The van der Waals surface area contributed by atoms with E-state index in [0.717, 1.165) is 0 Å². The van der Waals surface area contributed by atoms with Crippen LogP contribution in [0.5, 0.6) is 0 Å². The highest BCUT2D eigenvalue weighted by molar-refractivity contribution is 6.36. The third kappa shape index (κ3) is 4.93. The number of hydrogen-bond acceptors (Lipinski definition) is 2. The molecule has 1 aromatic carbocycles. The highest BCUT2D eigenvalue weighted by Crippen LogP contribution is 2.32. The molecule has 0 bridgehead atoms. The van der Waals surface area contributed by atoms with Gasteiger partial charge in [0.15, 0.2) is 0 Å². The monoisotopic (exact) mass is 320 g/mol. The molecule has 112 valence electrons. The number of nitrogens with one attached hydrogen (secondary N) is 2. The fourth-order valence-corrected chi connectivity index (χ4v) is 2.37. The van der Waals surface area contributed by atoms with Gasteiger partial charge in [0.1, 0.15) is 5.82 Å². The number of carbonyl (C=O) groups excluding carboxylic acids is 1. The minimum absolute atomic E-state index is 0.0138. The molecule has 1 aromatic rings. The SMILES string of the molecule is CC(C)CNC(=O)CNC(C)c1c(Cl)ccc(F)c1Cl. The molecule has 1 rings (SSSR count). The molecule has 0 aromatic heterocycles. The topological polar surface area (TPSA) is 41.1 Å². The minimum atomic E-state index is -0.524. The Labute approximate surface area is 128 Å². The van der Waals surface area contributed by atoms with Gasteiger partial charge in [-0.25, -0.2) is 4.39 Å². The van der Waals surface area contributed by atoms with Crippen LogP contribution >= 0.6 is 23.2 Å². The van der Waals surface area contributed by atoms with Crippen LogP contribution in [-0.2, 0) is 4.79 Å². The van der Waals surface area contributed by atoms with Crippen LogP contribution in [0.1, 0.15) is 32.4 Å². The van der Waals surface area contributed by atoms with Crippen LogP contribution in [-0.4, -0.2) is 19.0 Å². The van der Waals surface area contributed by atoms with Crippen molar-refractivity contribution in [2.24, 2.45) is 5.92 Å². The zero-order valence-electron chi connectivity index (χ0n) is 11.8. The zero-order chi connectivity index (χ0) is 15.3. The Morgan fingerprint density at radius 1 is 1.30 bits per heavy atom. The molecule has 0 aliphatic carbocycles. The van der Waals surface area contributed by atoms with Crippen molar-refractivity contribution < 1.29 is 9.18 Å². The molecule has 3 nitrogen and oxygen atoms in total. The van der Waals surface area contributed by atoms with E-state index < -0.39 is 5.82 Å². The Morgan fingerprint density at radius 3 is 2.55 bits per heavy atom. The van der Waals surface area contributed by atoms with Gasteiger partial charge in [0.25, 0.3) is 0 Å². The van der Waals surface area contributed by atoms with E-state index >= 15 is 0 Å². The summed E-state index contributed by atoms with van der Waals surface area (Å²) < 4.78 is 13.4. The van der Waals surface area contributed by atoms with E-state index in [-0.39, 0.29) is 23.5 Å². The molecular formula is C14H19Cl2FN2O. The van der Waals surface area contributed by atoms with Crippen LogP contribution in [0.2, 0.25) is 10.0 Å². The van der Waals surface area contributed by atoms with E-state index in [4.69, 9.17) is 23.2 Å². The Balaban J connectivity index is 2.62. The summed E-state index contributed by atoms with van der Waals surface area (Å²) in [4.78, 5) is 11.6. The molecule has 0 fully saturated rings. The lowest BCUT2D eigenvalue weighted by Gasteiger charge is -2.17. The molecule has 2 N–H and O–H groups in total. The lowest BCUT2D eigenvalue weighted by molar-refractivity contribution is -0.120. The second-order valence-corrected chi connectivity index (χ2v) is 5.84. The third-order valence-electron chi connectivity index (χ3n) is 2.79. The molecule has 1 amide bonds. The second-order valence-electron chi connectivity index (χ2n) is 5.06. The zero-order valence-corrected chi connectivity index (χ0v) is 13.3. The van der Waals surface area contributed by atoms with E-state index in [9.17, 15) is 9.18 Å². The normalized spacial score (nSPS) is 12.6. The smallest absolute Gasteiger partial charge is 0.233 e. The number of benzene rings is 1. The average molecular weight is 321 g/mol. The lowest BCUT2D eigenvalue weighted by Crippen LogP contribution is -2.36. The van der Waals surface area contributed by atoms with Crippen molar-refractivity contribution in [1.29, 1.82) is 0 Å². The summed E-state index contributed by atoms with van der Waals surface area (Å²) in [6.07, 6.45) is 0. The van der Waals surface area contributed by atoms with Crippen molar-refractivity contribution >= 4 is 29.1 Å². The molecule has 20 heavy (non-hydrogen) atoms. The Morgan fingerprint density at radius 2 is 1.95 bits per heavy atom. The number of carbonyl (C=O) groups is 1. The van der Waals surface area contributed by atoms with Crippen LogP contribution in [0.3, 0.4) is 0 Å². The summed E-state index contributed by atoms with van der Waals surface area (Å²) in [5, 5.41) is 6.13. The van der Waals surface area contributed by atoms with Gasteiger partial charge < -0.3 is 10.6 Å². The summed E-state index contributed by atoms with van der Waals surface area (Å²) in [5.74, 6) is -0.248. The molecule has 1 unspecified atom stereocenters. The van der Waals surface area contributed by atoms with E-state index in [1.165, 1.54) is 12.1 Å². The third-order valence-corrected chi connectivity index (χ3v) is 3.50. The minimum Gasteiger partial charge on any atom is -0.355 e. The first-order chi connectivity index (χ1) is 9.32. The van der Waals surface area contributed by atoms with Gasteiger partial charge in [-0.1, -0.05) is 37.0 Å². The molecule has 1 atom stereocenters. The first kappa shape index (κ1) is 17.2. The average Bonchev–Trinajstić information content (AvgIpc) is 2.38. The van der Waals surface area contributed by atoms with Crippen LogP contribution in [0.25, 0.3) is 0 Å². The van der Waals surface area contributed by atoms with E-state index in [2.05, 4.69) is 10.6 Å². The maximum absolute atomic E-state index is 13.4. The van der Waals surface area contributed by atoms with Crippen molar-refractivity contribution in [1.82, 2.24) is 10.6 Å². The second kappa shape index (κ2) is 7.81. The van der Waals surface area contributed by atoms with Crippen molar-refractivity contribution in [3.05, 3.63) is 33.6 Å². The molecule has 0 radical (unpaired) electrons. The van der Waals surface area contributed by atoms with Crippen molar-refractivity contribution in [3.8, 4) is 0 Å². The fourth-order valence-electron chi connectivity index (χ4n) is 1.67. The number of hydrogen-bond donors (Lipinski definition) is 2. The molecule has 0 saturated carbocycles. The van der Waals surface area contributed by atoms with Crippen LogP contribution in [0.15, 0.2) is 12.1 Å². The maximum Gasteiger partial charge on any atom is 0.233 e. The maximum atomic E-state index is 13.4. The van der Waals surface area contributed by atoms with E-state index in [1.54, 1.807) is 6.92 Å².